The lowest BCUT2D eigenvalue weighted by Gasteiger charge is -2.24. The monoisotopic (exact) mass is 377 g/mol. The third-order valence-corrected chi connectivity index (χ3v) is 4.88. The zero-order valence-corrected chi connectivity index (χ0v) is 16.8. The van der Waals surface area contributed by atoms with Crippen molar-refractivity contribution in [1.82, 2.24) is 14.9 Å². The van der Waals surface area contributed by atoms with Crippen molar-refractivity contribution in [2.75, 3.05) is 7.11 Å². The molecule has 0 aliphatic heterocycles. The van der Waals surface area contributed by atoms with Crippen LogP contribution < -0.4 is 10.1 Å². The highest BCUT2D eigenvalue weighted by molar-refractivity contribution is 5.81. The number of amides is 1. The summed E-state index contributed by atoms with van der Waals surface area (Å²) in [6, 6.07) is 17.2. The van der Waals surface area contributed by atoms with E-state index in [1.54, 1.807) is 13.3 Å². The number of hydrogen-bond donors (Lipinski definition) is 1. The Hall–Kier alpha value is -3.08. The molecule has 0 saturated heterocycles. The first-order valence-electron chi connectivity index (χ1n) is 9.53. The SMILES string of the molecule is COc1ccc([C@H](NC(=O)[C@@H](C)n2ccnc2C(C)C)c2ccccc2)cc1. The third-order valence-electron chi connectivity index (χ3n) is 4.88. The number of rotatable bonds is 7. The van der Waals surface area contributed by atoms with Gasteiger partial charge in [-0.2, -0.15) is 0 Å². The van der Waals surface area contributed by atoms with E-state index in [9.17, 15) is 4.79 Å². The van der Waals surface area contributed by atoms with Gasteiger partial charge in [-0.3, -0.25) is 4.79 Å². The highest BCUT2D eigenvalue weighted by atomic mass is 16.5. The van der Waals surface area contributed by atoms with Gasteiger partial charge in [-0.1, -0.05) is 56.3 Å². The largest absolute Gasteiger partial charge is 0.497 e. The lowest BCUT2D eigenvalue weighted by atomic mass is 9.98. The number of imidazole rings is 1. The van der Waals surface area contributed by atoms with E-state index >= 15 is 0 Å². The van der Waals surface area contributed by atoms with Crippen LogP contribution in [0.3, 0.4) is 0 Å². The number of methoxy groups -OCH3 is 1. The summed E-state index contributed by atoms with van der Waals surface area (Å²) >= 11 is 0. The lowest BCUT2D eigenvalue weighted by molar-refractivity contribution is -0.124. The maximum absolute atomic E-state index is 13.1. The molecule has 5 nitrogen and oxygen atoms in total. The molecule has 0 saturated carbocycles. The van der Waals surface area contributed by atoms with Crippen molar-refractivity contribution in [2.45, 2.75) is 38.8 Å². The van der Waals surface area contributed by atoms with Crippen LogP contribution in [0.4, 0.5) is 0 Å². The molecule has 28 heavy (non-hydrogen) atoms. The highest BCUT2D eigenvalue weighted by Gasteiger charge is 2.23. The van der Waals surface area contributed by atoms with Crippen LogP contribution in [-0.4, -0.2) is 22.6 Å². The number of nitrogens with zero attached hydrogens (tertiary/aromatic N) is 2. The van der Waals surface area contributed by atoms with Gasteiger partial charge in [0.1, 0.15) is 17.6 Å². The average molecular weight is 377 g/mol. The number of carbonyl (C=O) groups excluding carboxylic acids is 1. The normalized spacial score (nSPS) is 13.2. The molecule has 0 fully saturated rings. The average Bonchev–Trinajstić information content (AvgIpc) is 3.22. The second kappa shape index (κ2) is 8.74. The second-order valence-corrected chi connectivity index (χ2v) is 7.15. The molecule has 5 heteroatoms. The molecule has 0 spiro atoms. The van der Waals surface area contributed by atoms with Crippen LogP contribution in [0, 0.1) is 0 Å². The minimum Gasteiger partial charge on any atom is -0.497 e. The van der Waals surface area contributed by atoms with Crippen molar-refractivity contribution in [2.24, 2.45) is 0 Å². The molecule has 146 valence electrons. The summed E-state index contributed by atoms with van der Waals surface area (Å²) in [4.78, 5) is 17.5. The summed E-state index contributed by atoms with van der Waals surface area (Å²) in [5, 5.41) is 3.21. The molecule has 0 bridgehead atoms. The number of ether oxygens (including phenoxy) is 1. The van der Waals surface area contributed by atoms with Gasteiger partial charge in [0, 0.05) is 18.3 Å². The van der Waals surface area contributed by atoms with Gasteiger partial charge in [0.2, 0.25) is 5.91 Å². The van der Waals surface area contributed by atoms with Crippen molar-refractivity contribution >= 4 is 5.91 Å². The molecule has 0 aliphatic rings. The molecule has 3 rings (SSSR count). The molecule has 1 amide bonds. The van der Waals surface area contributed by atoms with Crippen LogP contribution in [0.2, 0.25) is 0 Å². The molecular weight excluding hydrogens is 350 g/mol. The standard InChI is InChI=1S/C23H27N3O2/c1-16(2)22-24-14-15-26(22)17(3)23(27)25-21(18-8-6-5-7-9-18)19-10-12-20(28-4)13-11-19/h5-17,21H,1-4H3,(H,25,27)/t17-,21-/m1/s1. The van der Waals surface area contributed by atoms with Crippen molar-refractivity contribution < 1.29 is 9.53 Å². The van der Waals surface area contributed by atoms with Crippen molar-refractivity contribution in [3.05, 3.63) is 83.9 Å². The van der Waals surface area contributed by atoms with Gasteiger partial charge in [0.25, 0.3) is 0 Å². The van der Waals surface area contributed by atoms with Crippen molar-refractivity contribution in [3.63, 3.8) is 0 Å². The molecule has 0 radical (unpaired) electrons. The fourth-order valence-corrected chi connectivity index (χ4v) is 3.29. The summed E-state index contributed by atoms with van der Waals surface area (Å²) in [5.41, 5.74) is 2.03. The summed E-state index contributed by atoms with van der Waals surface area (Å²) in [6.45, 7) is 6.06. The zero-order valence-electron chi connectivity index (χ0n) is 16.8. The van der Waals surface area contributed by atoms with Crippen LogP contribution in [0.5, 0.6) is 5.75 Å². The van der Waals surface area contributed by atoms with E-state index in [0.717, 1.165) is 22.7 Å². The van der Waals surface area contributed by atoms with Gasteiger partial charge in [-0.05, 0) is 30.2 Å². The highest BCUT2D eigenvalue weighted by Crippen LogP contribution is 2.25. The predicted molar refractivity (Wildman–Crippen MR) is 110 cm³/mol. The Labute approximate surface area is 166 Å². The summed E-state index contributed by atoms with van der Waals surface area (Å²) in [6.07, 6.45) is 3.61. The first-order valence-corrected chi connectivity index (χ1v) is 9.53. The molecule has 1 N–H and O–H groups in total. The number of carbonyl (C=O) groups is 1. The topological polar surface area (TPSA) is 56.1 Å². The maximum Gasteiger partial charge on any atom is 0.243 e. The molecule has 0 aliphatic carbocycles. The van der Waals surface area contributed by atoms with Crippen LogP contribution in [0.25, 0.3) is 0 Å². The minimum atomic E-state index is -0.357. The Kier molecular flexibility index (Phi) is 6.14. The lowest BCUT2D eigenvalue weighted by Crippen LogP contribution is -2.35. The minimum absolute atomic E-state index is 0.0513. The molecule has 1 heterocycles. The second-order valence-electron chi connectivity index (χ2n) is 7.15. The van der Waals surface area contributed by atoms with Gasteiger partial charge in [-0.15, -0.1) is 0 Å². The van der Waals surface area contributed by atoms with Gasteiger partial charge < -0.3 is 14.6 Å². The smallest absolute Gasteiger partial charge is 0.243 e. The summed E-state index contributed by atoms with van der Waals surface area (Å²) in [7, 11) is 1.64. The van der Waals surface area contributed by atoms with E-state index in [0.29, 0.717) is 0 Å². The molecule has 1 aromatic heterocycles. The van der Waals surface area contributed by atoms with Crippen LogP contribution in [0.1, 0.15) is 55.7 Å². The van der Waals surface area contributed by atoms with E-state index in [4.69, 9.17) is 4.74 Å². The van der Waals surface area contributed by atoms with E-state index in [1.807, 2.05) is 72.3 Å². The summed E-state index contributed by atoms with van der Waals surface area (Å²) in [5.74, 6) is 1.89. The molecular formula is C23H27N3O2. The van der Waals surface area contributed by atoms with E-state index in [-0.39, 0.29) is 23.9 Å². The Bertz CT molecular complexity index is 901. The Morgan fingerprint density at radius 3 is 2.25 bits per heavy atom. The van der Waals surface area contributed by atoms with Gasteiger partial charge >= 0.3 is 0 Å². The Morgan fingerprint density at radius 1 is 1.00 bits per heavy atom. The third kappa shape index (κ3) is 4.25. The Morgan fingerprint density at radius 2 is 1.64 bits per heavy atom. The number of hydrogen-bond acceptors (Lipinski definition) is 3. The Balaban J connectivity index is 1.88. The van der Waals surface area contributed by atoms with Gasteiger partial charge in [0.05, 0.1) is 13.2 Å². The fraction of sp³-hybridized carbons (Fsp3) is 0.304. The first-order chi connectivity index (χ1) is 13.5. The number of aromatic nitrogens is 2. The van der Waals surface area contributed by atoms with Gasteiger partial charge in [-0.25, -0.2) is 4.98 Å². The van der Waals surface area contributed by atoms with Crippen LogP contribution in [-0.2, 0) is 4.79 Å². The maximum atomic E-state index is 13.1. The fourth-order valence-electron chi connectivity index (χ4n) is 3.29. The van der Waals surface area contributed by atoms with E-state index in [2.05, 4.69) is 24.1 Å². The van der Waals surface area contributed by atoms with Crippen LogP contribution >= 0.6 is 0 Å². The number of nitrogens with one attached hydrogen (secondary N) is 1. The quantitative estimate of drug-likeness (QED) is 0.660. The first kappa shape index (κ1) is 19.7. The van der Waals surface area contributed by atoms with E-state index in [1.165, 1.54) is 0 Å². The molecule has 2 aromatic carbocycles. The van der Waals surface area contributed by atoms with Crippen molar-refractivity contribution in [1.29, 1.82) is 0 Å². The van der Waals surface area contributed by atoms with E-state index < -0.39 is 0 Å². The molecule has 0 unspecified atom stereocenters. The summed E-state index contributed by atoms with van der Waals surface area (Å²) < 4.78 is 7.20. The molecule has 2 atom stereocenters. The number of benzene rings is 2. The molecule has 3 aromatic rings. The zero-order chi connectivity index (χ0) is 20.1. The van der Waals surface area contributed by atoms with Crippen LogP contribution in [0.15, 0.2) is 67.0 Å². The van der Waals surface area contributed by atoms with Crippen molar-refractivity contribution in [3.8, 4) is 5.75 Å². The van der Waals surface area contributed by atoms with Gasteiger partial charge in [0.15, 0.2) is 0 Å². The predicted octanol–water partition coefficient (Wildman–Crippen LogP) is 4.48.